The lowest BCUT2D eigenvalue weighted by atomic mass is 9.98. The minimum Gasteiger partial charge on any atom is -0.346 e. The molecule has 0 spiro atoms. The minimum absolute atomic E-state index is 0.00467. The van der Waals surface area contributed by atoms with Gasteiger partial charge < -0.3 is 10.3 Å². The number of hydrogen-bond acceptors (Lipinski definition) is 3. The molecule has 2 atom stereocenters. The highest BCUT2D eigenvalue weighted by atomic mass is 16.1. The van der Waals surface area contributed by atoms with Crippen molar-refractivity contribution in [3.8, 4) is 0 Å². The van der Waals surface area contributed by atoms with Gasteiger partial charge in [-0.05, 0) is 31.9 Å². The molecule has 2 heterocycles. The summed E-state index contributed by atoms with van der Waals surface area (Å²) in [6, 6.07) is 7.79. The molecule has 0 aliphatic rings. The molecule has 0 unspecified atom stereocenters. The van der Waals surface area contributed by atoms with Gasteiger partial charge in [-0.15, -0.1) is 0 Å². The summed E-state index contributed by atoms with van der Waals surface area (Å²) in [6.45, 7) is 8.20. The predicted molar refractivity (Wildman–Crippen MR) is 103 cm³/mol. The number of imidazole rings is 1. The van der Waals surface area contributed by atoms with Gasteiger partial charge in [-0.1, -0.05) is 32.4 Å². The van der Waals surface area contributed by atoms with E-state index in [4.69, 9.17) is 4.98 Å². The van der Waals surface area contributed by atoms with E-state index < -0.39 is 0 Å². The van der Waals surface area contributed by atoms with Crippen LogP contribution in [0.4, 0.5) is 0 Å². The van der Waals surface area contributed by atoms with E-state index in [9.17, 15) is 4.79 Å². The lowest BCUT2D eigenvalue weighted by molar-refractivity contribution is -0.121. The number of amides is 1. The summed E-state index contributed by atoms with van der Waals surface area (Å²) in [5.41, 5.74) is 4.84. The van der Waals surface area contributed by atoms with Gasteiger partial charge in [0, 0.05) is 18.3 Å². The molecular weight excluding hydrogens is 326 g/mol. The SMILES string of the molecule is CC[C@@H](C)[C@@H](NC(=O)Cc1c(C)nn(C)c1C)c1nc2ccccc2[nH]1. The molecular formula is C20H27N5O. The van der Waals surface area contributed by atoms with Crippen LogP contribution in [0.5, 0.6) is 0 Å². The molecule has 3 aromatic rings. The van der Waals surface area contributed by atoms with Gasteiger partial charge in [-0.2, -0.15) is 5.10 Å². The molecule has 0 aliphatic carbocycles. The lowest BCUT2D eigenvalue weighted by Crippen LogP contribution is -2.34. The minimum atomic E-state index is -0.141. The third kappa shape index (κ3) is 3.49. The second-order valence-electron chi connectivity index (χ2n) is 7.02. The molecule has 3 rings (SSSR count). The Bertz CT molecular complexity index is 891. The molecule has 0 saturated heterocycles. The van der Waals surface area contributed by atoms with Crippen LogP contribution in [0.1, 0.15) is 49.1 Å². The molecule has 0 radical (unpaired) electrons. The van der Waals surface area contributed by atoms with E-state index in [2.05, 4.69) is 29.2 Å². The second kappa shape index (κ2) is 7.32. The zero-order valence-electron chi connectivity index (χ0n) is 16.1. The number of carbonyl (C=O) groups excluding carboxylic acids is 1. The highest BCUT2D eigenvalue weighted by Gasteiger charge is 2.24. The van der Waals surface area contributed by atoms with Gasteiger partial charge in [-0.25, -0.2) is 4.98 Å². The van der Waals surface area contributed by atoms with Crippen molar-refractivity contribution in [1.82, 2.24) is 25.1 Å². The summed E-state index contributed by atoms with van der Waals surface area (Å²) in [5, 5.41) is 7.59. The number of nitrogens with zero attached hydrogens (tertiary/aromatic N) is 3. The number of nitrogens with one attached hydrogen (secondary N) is 2. The summed E-state index contributed by atoms with van der Waals surface area (Å²) in [7, 11) is 1.90. The fourth-order valence-corrected chi connectivity index (χ4v) is 3.29. The Morgan fingerprint density at radius 2 is 2.04 bits per heavy atom. The van der Waals surface area contributed by atoms with Crippen molar-refractivity contribution < 1.29 is 4.79 Å². The standard InChI is InChI=1S/C20H27N5O/c1-6-12(2)19(20-21-16-9-7-8-10-17(16)22-20)23-18(26)11-15-13(3)24-25(5)14(15)4/h7-10,12,19H,6,11H2,1-5H3,(H,21,22)(H,23,26)/t12-,19-/m1/s1. The maximum absolute atomic E-state index is 12.8. The Kier molecular flexibility index (Phi) is 5.11. The van der Waals surface area contributed by atoms with Crippen LogP contribution in [0.25, 0.3) is 11.0 Å². The van der Waals surface area contributed by atoms with E-state index in [1.54, 1.807) is 0 Å². The number of benzene rings is 1. The number of para-hydroxylation sites is 2. The van der Waals surface area contributed by atoms with Crippen molar-refractivity contribution in [1.29, 1.82) is 0 Å². The fourth-order valence-electron chi connectivity index (χ4n) is 3.29. The number of aryl methyl sites for hydroxylation is 2. The predicted octanol–water partition coefficient (Wildman–Crippen LogP) is 3.36. The molecule has 6 heteroatoms. The molecule has 6 nitrogen and oxygen atoms in total. The van der Waals surface area contributed by atoms with Gasteiger partial charge in [0.05, 0.1) is 29.2 Å². The molecule has 2 N–H and O–H groups in total. The van der Waals surface area contributed by atoms with E-state index in [1.807, 2.05) is 49.8 Å². The van der Waals surface area contributed by atoms with Crippen LogP contribution in [0.2, 0.25) is 0 Å². The summed E-state index contributed by atoms with van der Waals surface area (Å²) >= 11 is 0. The van der Waals surface area contributed by atoms with Crippen molar-refractivity contribution >= 4 is 16.9 Å². The zero-order valence-corrected chi connectivity index (χ0v) is 16.1. The van der Waals surface area contributed by atoms with E-state index in [-0.39, 0.29) is 17.9 Å². The quantitative estimate of drug-likeness (QED) is 0.713. The van der Waals surface area contributed by atoms with Crippen LogP contribution in [-0.2, 0) is 18.3 Å². The average Bonchev–Trinajstić information content (AvgIpc) is 3.15. The molecule has 26 heavy (non-hydrogen) atoms. The van der Waals surface area contributed by atoms with Crippen LogP contribution in [0.15, 0.2) is 24.3 Å². The number of fused-ring (bicyclic) bond motifs is 1. The Labute approximate surface area is 154 Å². The van der Waals surface area contributed by atoms with Crippen molar-refractivity contribution in [3.63, 3.8) is 0 Å². The topological polar surface area (TPSA) is 75.6 Å². The highest BCUT2D eigenvalue weighted by Crippen LogP contribution is 2.25. The third-order valence-corrected chi connectivity index (χ3v) is 5.23. The molecule has 0 aliphatic heterocycles. The number of rotatable bonds is 6. The first-order valence-electron chi connectivity index (χ1n) is 9.13. The maximum Gasteiger partial charge on any atom is 0.225 e. The number of hydrogen-bond donors (Lipinski definition) is 2. The van der Waals surface area contributed by atoms with Crippen molar-refractivity contribution in [2.75, 3.05) is 0 Å². The number of aromatic nitrogens is 4. The van der Waals surface area contributed by atoms with Gasteiger partial charge in [0.2, 0.25) is 5.91 Å². The average molecular weight is 353 g/mol. The van der Waals surface area contributed by atoms with Crippen molar-refractivity contribution in [2.24, 2.45) is 13.0 Å². The van der Waals surface area contributed by atoms with Crippen LogP contribution in [-0.4, -0.2) is 25.7 Å². The molecule has 0 fully saturated rings. The molecule has 0 bridgehead atoms. The molecule has 1 aromatic carbocycles. The number of H-pyrrole nitrogens is 1. The van der Waals surface area contributed by atoms with Gasteiger partial charge in [0.15, 0.2) is 0 Å². The Morgan fingerprint density at radius 1 is 1.31 bits per heavy atom. The van der Waals surface area contributed by atoms with E-state index in [1.165, 1.54) is 0 Å². The third-order valence-electron chi connectivity index (χ3n) is 5.23. The monoisotopic (exact) mass is 353 g/mol. The van der Waals surface area contributed by atoms with E-state index >= 15 is 0 Å². The zero-order chi connectivity index (χ0) is 18.8. The first-order chi connectivity index (χ1) is 12.4. The van der Waals surface area contributed by atoms with Crippen LogP contribution in [0.3, 0.4) is 0 Å². The van der Waals surface area contributed by atoms with Crippen molar-refractivity contribution in [2.45, 2.75) is 46.6 Å². The maximum atomic E-state index is 12.8. The first kappa shape index (κ1) is 18.2. The van der Waals surface area contributed by atoms with Crippen LogP contribution >= 0.6 is 0 Å². The molecule has 0 saturated carbocycles. The van der Waals surface area contributed by atoms with E-state index in [0.29, 0.717) is 6.42 Å². The Morgan fingerprint density at radius 3 is 2.65 bits per heavy atom. The normalized spacial score (nSPS) is 13.7. The van der Waals surface area contributed by atoms with Gasteiger partial charge in [-0.3, -0.25) is 9.48 Å². The first-order valence-corrected chi connectivity index (χ1v) is 9.13. The number of carbonyl (C=O) groups is 1. The summed E-state index contributed by atoms with van der Waals surface area (Å²) in [4.78, 5) is 20.8. The van der Waals surface area contributed by atoms with Crippen LogP contribution < -0.4 is 5.32 Å². The number of aromatic amines is 1. The smallest absolute Gasteiger partial charge is 0.225 e. The molecule has 2 aromatic heterocycles. The van der Waals surface area contributed by atoms with E-state index in [0.717, 1.165) is 40.2 Å². The Balaban J connectivity index is 1.83. The second-order valence-corrected chi connectivity index (χ2v) is 7.02. The largest absolute Gasteiger partial charge is 0.346 e. The highest BCUT2D eigenvalue weighted by molar-refractivity contribution is 5.80. The molecule has 1 amide bonds. The van der Waals surface area contributed by atoms with Crippen molar-refractivity contribution in [3.05, 3.63) is 47.0 Å². The Hall–Kier alpha value is -2.63. The summed E-state index contributed by atoms with van der Waals surface area (Å²) in [6.07, 6.45) is 1.28. The summed E-state index contributed by atoms with van der Waals surface area (Å²) in [5.74, 6) is 1.08. The van der Waals surface area contributed by atoms with Gasteiger partial charge >= 0.3 is 0 Å². The molecule has 138 valence electrons. The van der Waals surface area contributed by atoms with Gasteiger partial charge in [0.25, 0.3) is 0 Å². The lowest BCUT2D eigenvalue weighted by Gasteiger charge is -2.22. The van der Waals surface area contributed by atoms with Crippen LogP contribution in [0, 0.1) is 19.8 Å². The van der Waals surface area contributed by atoms with Gasteiger partial charge in [0.1, 0.15) is 5.82 Å². The fraction of sp³-hybridized carbons (Fsp3) is 0.450. The summed E-state index contributed by atoms with van der Waals surface area (Å²) < 4.78 is 1.82.